The third kappa shape index (κ3) is 4.20. The van der Waals surface area contributed by atoms with Crippen LogP contribution in [0.1, 0.15) is 83.5 Å². The molecule has 5 aromatic carbocycles. The number of aromatic nitrogens is 1. The zero-order valence-electron chi connectivity index (χ0n) is 29.1. The van der Waals surface area contributed by atoms with Crippen molar-refractivity contribution in [1.29, 1.82) is 0 Å². The maximum Gasteiger partial charge on any atom is 0.135 e. The Bertz CT molecular complexity index is 2510. The highest BCUT2D eigenvalue weighted by Crippen LogP contribution is 2.62. The van der Waals surface area contributed by atoms with Crippen LogP contribution in [0.2, 0.25) is 0 Å². The van der Waals surface area contributed by atoms with Gasteiger partial charge in [0.25, 0.3) is 0 Å². The average molecular weight is 674 g/mol. The van der Waals surface area contributed by atoms with Gasteiger partial charge in [0.2, 0.25) is 0 Å². The first-order valence-electron chi connectivity index (χ1n) is 19.0. The lowest BCUT2D eigenvalue weighted by Gasteiger charge is -2.47. The zero-order valence-corrected chi connectivity index (χ0v) is 29.1. The van der Waals surface area contributed by atoms with Crippen LogP contribution < -0.4 is 9.47 Å². The van der Waals surface area contributed by atoms with Gasteiger partial charge in [0.1, 0.15) is 23.0 Å². The van der Waals surface area contributed by atoms with Gasteiger partial charge >= 0.3 is 0 Å². The van der Waals surface area contributed by atoms with E-state index in [2.05, 4.69) is 150 Å². The van der Waals surface area contributed by atoms with Crippen molar-refractivity contribution in [2.75, 3.05) is 0 Å². The second kappa shape index (κ2) is 11.6. The number of benzene rings is 5. The smallest absolute Gasteiger partial charge is 0.135 e. The summed E-state index contributed by atoms with van der Waals surface area (Å²) in [6.45, 7) is 0. The fourth-order valence-corrected chi connectivity index (χ4v) is 9.97. The van der Waals surface area contributed by atoms with Crippen molar-refractivity contribution in [3.05, 3.63) is 190 Å². The summed E-state index contributed by atoms with van der Waals surface area (Å²) >= 11 is 0. The number of fused-ring (bicyclic) bond motifs is 10. The molecule has 0 N–H and O–H groups in total. The molecule has 3 nitrogen and oxygen atoms in total. The molecule has 0 radical (unpaired) electrons. The molecule has 3 heteroatoms. The molecule has 252 valence electrons. The van der Waals surface area contributed by atoms with Crippen LogP contribution in [-0.2, 0) is 11.8 Å². The first-order chi connectivity index (χ1) is 25.8. The first kappa shape index (κ1) is 29.9. The van der Waals surface area contributed by atoms with Gasteiger partial charge in [0, 0.05) is 56.1 Å². The Morgan fingerprint density at radius 3 is 2.23 bits per heavy atom. The lowest BCUT2D eigenvalue weighted by atomic mass is 9.59. The maximum atomic E-state index is 7.35. The fraction of sp³-hybridized carbons (Fsp3) is 0.184. The van der Waals surface area contributed by atoms with E-state index < -0.39 is 5.41 Å². The van der Waals surface area contributed by atoms with Gasteiger partial charge in [-0.3, -0.25) is 0 Å². The van der Waals surface area contributed by atoms with Crippen molar-refractivity contribution in [2.45, 2.75) is 56.3 Å². The molecule has 3 heterocycles. The molecule has 1 atom stereocenters. The minimum Gasteiger partial charge on any atom is -0.457 e. The number of para-hydroxylation sites is 5. The van der Waals surface area contributed by atoms with E-state index in [9.17, 15) is 0 Å². The monoisotopic (exact) mass is 673 g/mol. The molecule has 5 aliphatic rings. The Labute approximate surface area is 304 Å². The predicted octanol–water partition coefficient (Wildman–Crippen LogP) is 12.4. The lowest BCUT2D eigenvalue weighted by Crippen LogP contribution is -2.39. The van der Waals surface area contributed by atoms with Crippen LogP contribution in [0.5, 0.6) is 17.2 Å². The third-order valence-electron chi connectivity index (χ3n) is 12.1. The van der Waals surface area contributed by atoms with Crippen LogP contribution in [0.3, 0.4) is 0 Å². The molecule has 0 saturated heterocycles. The second-order valence-electron chi connectivity index (χ2n) is 14.8. The van der Waals surface area contributed by atoms with Crippen LogP contribution >= 0.6 is 0 Å². The number of rotatable bonds is 3. The van der Waals surface area contributed by atoms with E-state index in [-0.39, 0.29) is 0 Å². The van der Waals surface area contributed by atoms with E-state index in [0.717, 1.165) is 61.5 Å². The van der Waals surface area contributed by atoms with E-state index >= 15 is 0 Å². The quantitative estimate of drug-likeness (QED) is 0.175. The average Bonchev–Trinajstić information content (AvgIpc) is 3.56. The van der Waals surface area contributed by atoms with E-state index in [1.165, 1.54) is 73.2 Å². The number of hydrogen-bond acceptors (Lipinski definition) is 2. The fourth-order valence-electron chi connectivity index (χ4n) is 9.97. The van der Waals surface area contributed by atoms with Crippen molar-refractivity contribution in [2.24, 2.45) is 0 Å². The number of hydrogen-bond donors (Lipinski definition) is 0. The minimum atomic E-state index is -0.537. The first-order valence-corrected chi connectivity index (χ1v) is 19.0. The molecule has 11 rings (SSSR count). The molecule has 6 aromatic rings. The highest BCUT2D eigenvalue weighted by Gasteiger charge is 2.52. The van der Waals surface area contributed by atoms with E-state index in [1.807, 2.05) is 0 Å². The molecular formula is C49H39NO2. The van der Waals surface area contributed by atoms with Crippen LogP contribution in [-0.4, -0.2) is 4.57 Å². The molecule has 0 fully saturated rings. The number of ether oxygens (including phenoxy) is 2. The Hall–Kier alpha value is -5.80. The lowest BCUT2D eigenvalue weighted by molar-refractivity contribution is 0.363. The van der Waals surface area contributed by atoms with Gasteiger partial charge in [-0.15, -0.1) is 0 Å². The Morgan fingerprint density at radius 2 is 1.42 bits per heavy atom. The van der Waals surface area contributed by atoms with Crippen LogP contribution in [0, 0.1) is 0 Å². The summed E-state index contributed by atoms with van der Waals surface area (Å²) in [7, 11) is 0. The van der Waals surface area contributed by atoms with E-state index in [1.54, 1.807) is 0 Å². The van der Waals surface area contributed by atoms with Gasteiger partial charge in [-0.25, -0.2) is 0 Å². The largest absolute Gasteiger partial charge is 0.457 e. The molecular weight excluding hydrogens is 635 g/mol. The summed E-state index contributed by atoms with van der Waals surface area (Å²) in [5.41, 5.74) is 13.5. The molecule has 0 saturated carbocycles. The third-order valence-corrected chi connectivity index (χ3v) is 12.1. The van der Waals surface area contributed by atoms with Gasteiger partial charge in [0.15, 0.2) is 0 Å². The Balaban J connectivity index is 1.19. The topological polar surface area (TPSA) is 23.4 Å². The van der Waals surface area contributed by atoms with Gasteiger partial charge in [-0.2, -0.15) is 0 Å². The molecule has 52 heavy (non-hydrogen) atoms. The van der Waals surface area contributed by atoms with Gasteiger partial charge in [-0.1, -0.05) is 115 Å². The molecule has 1 spiro atoms. The molecule has 2 aliphatic heterocycles. The number of nitrogens with zero attached hydrogens (tertiary/aromatic N) is 1. The summed E-state index contributed by atoms with van der Waals surface area (Å²) in [6, 6.07) is 42.0. The van der Waals surface area contributed by atoms with Gasteiger partial charge < -0.3 is 14.0 Å². The molecule has 3 aliphatic carbocycles. The molecule has 1 aromatic heterocycles. The summed E-state index contributed by atoms with van der Waals surface area (Å²) < 4.78 is 16.6. The predicted molar refractivity (Wildman–Crippen MR) is 211 cm³/mol. The van der Waals surface area contributed by atoms with Gasteiger partial charge in [-0.05, 0) is 86.4 Å². The highest BCUT2D eigenvalue weighted by molar-refractivity contribution is 6.00. The Morgan fingerprint density at radius 1 is 0.654 bits per heavy atom. The van der Waals surface area contributed by atoms with Crippen LogP contribution in [0.4, 0.5) is 0 Å². The zero-order chi connectivity index (χ0) is 34.2. The molecule has 1 unspecified atom stereocenters. The second-order valence-corrected chi connectivity index (χ2v) is 14.8. The maximum absolute atomic E-state index is 7.35. The summed E-state index contributed by atoms with van der Waals surface area (Å²) in [4.78, 5) is 0. The highest BCUT2D eigenvalue weighted by atomic mass is 16.5. The standard InChI is InChI=1S/C49H39NO2/c1-3-15-32(16-4-1)36-21-14-25-42-48(36)52-46-31-33(29-30-41(46)49(42)39-23-8-11-27-44(39)51-45-28-12-9-24-40(45)49)35-20-13-22-38-37-19-7-10-26-43(37)50(47(35)38)34-17-5-2-6-18-34/h2-3,5-9,11-15,17-25,27-28,31-32H,1,4,10,16,26,29-30H2. The van der Waals surface area contributed by atoms with Crippen molar-refractivity contribution in [3.63, 3.8) is 0 Å². The van der Waals surface area contributed by atoms with Crippen molar-refractivity contribution >= 4 is 22.6 Å². The summed E-state index contributed by atoms with van der Waals surface area (Å²) in [5, 5.41) is 1.32. The normalized spacial score (nSPS) is 19.2. The van der Waals surface area contributed by atoms with Crippen molar-refractivity contribution in [3.8, 4) is 22.9 Å². The molecule has 0 amide bonds. The summed E-state index contributed by atoms with van der Waals surface area (Å²) in [5.74, 6) is 4.15. The van der Waals surface area contributed by atoms with Gasteiger partial charge in [0.05, 0.1) is 10.9 Å². The SMILES string of the molecule is C1=CC(c2cccc3c2OC2=C(CCC(c4cccc5c6c(n(-c7ccccc7)c45)CCC=C6)=C2)C32c3ccccc3Oc3ccccc32)CCC1. The van der Waals surface area contributed by atoms with E-state index in [0.29, 0.717) is 5.92 Å². The number of allylic oxidation sites excluding steroid dienone is 6. The Kier molecular flexibility index (Phi) is 6.67. The van der Waals surface area contributed by atoms with Crippen molar-refractivity contribution < 1.29 is 9.47 Å². The molecule has 0 bridgehead atoms. The summed E-state index contributed by atoms with van der Waals surface area (Å²) in [6.07, 6.45) is 19.2. The van der Waals surface area contributed by atoms with E-state index in [4.69, 9.17) is 9.47 Å². The van der Waals surface area contributed by atoms with Crippen molar-refractivity contribution in [1.82, 2.24) is 4.57 Å². The minimum absolute atomic E-state index is 0.322. The van der Waals surface area contributed by atoms with Crippen LogP contribution in [0.15, 0.2) is 151 Å². The van der Waals surface area contributed by atoms with Crippen LogP contribution in [0.25, 0.3) is 28.2 Å².